The van der Waals surface area contributed by atoms with Crippen LogP contribution in [-0.2, 0) is 6.54 Å². The van der Waals surface area contributed by atoms with Crippen molar-refractivity contribution in [3.63, 3.8) is 0 Å². The second-order valence-electron chi connectivity index (χ2n) is 3.37. The molecule has 6 heteroatoms. The summed E-state index contributed by atoms with van der Waals surface area (Å²) in [5, 5.41) is 15.6. The van der Waals surface area contributed by atoms with E-state index in [9.17, 15) is 5.11 Å². The van der Waals surface area contributed by atoms with Crippen LogP contribution in [0.25, 0.3) is 0 Å². The fraction of sp³-hybridized carbons (Fsp3) is 0.0909. The number of phenolic OH excluding ortho intramolecular Hbond substituents is 1. The van der Waals surface area contributed by atoms with Crippen LogP contribution in [0.5, 0.6) is 5.75 Å². The van der Waals surface area contributed by atoms with Crippen LogP contribution in [0, 0.1) is 0 Å². The van der Waals surface area contributed by atoms with Gasteiger partial charge in [0.15, 0.2) is 5.75 Å². The molecule has 90 valence electrons. The molecule has 0 bridgehead atoms. The molecule has 0 atom stereocenters. The molecular weight excluding hydrogens is 301 g/mol. The highest BCUT2D eigenvalue weighted by molar-refractivity contribution is 7.10. The van der Waals surface area contributed by atoms with Gasteiger partial charge >= 0.3 is 0 Å². The quantitative estimate of drug-likeness (QED) is 0.780. The molecule has 0 aliphatic carbocycles. The molecule has 2 aromatic rings. The minimum Gasteiger partial charge on any atom is -0.505 e. The molecule has 0 fully saturated rings. The molecule has 2 nitrogen and oxygen atoms in total. The summed E-state index contributed by atoms with van der Waals surface area (Å²) in [7, 11) is 0. The topological polar surface area (TPSA) is 32.3 Å². The van der Waals surface area contributed by atoms with Gasteiger partial charge in [-0.1, -0.05) is 34.8 Å². The molecule has 0 aliphatic rings. The second kappa shape index (κ2) is 5.36. The van der Waals surface area contributed by atoms with E-state index >= 15 is 0 Å². The number of halogens is 3. The zero-order valence-corrected chi connectivity index (χ0v) is 11.6. The highest BCUT2D eigenvalue weighted by atomic mass is 35.5. The number of rotatable bonds is 3. The molecule has 1 aromatic carbocycles. The average Bonchev–Trinajstić information content (AvgIpc) is 2.69. The Hall–Kier alpha value is -0.610. The standard InChI is InChI=1S/C11H8Cl3NOS/c12-6-1-8(17-5-6)4-15-7-2-9(13)11(16)10(14)3-7/h1-3,5,15-16H,4H2. The lowest BCUT2D eigenvalue weighted by Crippen LogP contribution is -1.97. The van der Waals surface area contributed by atoms with Gasteiger partial charge in [0.1, 0.15) is 0 Å². The van der Waals surface area contributed by atoms with Crippen LogP contribution in [0.4, 0.5) is 5.69 Å². The van der Waals surface area contributed by atoms with Crippen LogP contribution >= 0.6 is 46.1 Å². The van der Waals surface area contributed by atoms with E-state index in [4.69, 9.17) is 34.8 Å². The summed E-state index contributed by atoms with van der Waals surface area (Å²) in [6, 6.07) is 5.14. The van der Waals surface area contributed by atoms with Crippen LogP contribution < -0.4 is 5.32 Å². The summed E-state index contributed by atoms with van der Waals surface area (Å²) in [6.07, 6.45) is 0. The molecule has 0 aliphatic heterocycles. The number of benzene rings is 1. The minimum absolute atomic E-state index is 0.0990. The zero-order valence-electron chi connectivity index (χ0n) is 8.51. The summed E-state index contributed by atoms with van der Waals surface area (Å²) in [5.41, 5.74) is 0.752. The van der Waals surface area contributed by atoms with Crippen molar-refractivity contribution in [1.82, 2.24) is 0 Å². The Labute approximate surface area is 118 Å². The Balaban J connectivity index is 2.09. The van der Waals surface area contributed by atoms with E-state index in [1.165, 1.54) is 0 Å². The number of nitrogens with one attached hydrogen (secondary N) is 1. The number of hydrogen-bond donors (Lipinski definition) is 2. The van der Waals surface area contributed by atoms with Crippen molar-refractivity contribution < 1.29 is 5.11 Å². The van der Waals surface area contributed by atoms with Gasteiger partial charge in [0, 0.05) is 22.5 Å². The third-order valence-electron chi connectivity index (χ3n) is 2.11. The monoisotopic (exact) mass is 307 g/mol. The van der Waals surface area contributed by atoms with Gasteiger partial charge < -0.3 is 10.4 Å². The van der Waals surface area contributed by atoms with Crippen LogP contribution in [0.1, 0.15) is 4.88 Å². The summed E-state index contributed by atoms with van der Waals surface area (Å²) in [4.78, 5) is 1.11. The molecular formula is C11H8Cl3NOS. The number of anilines is 1. The van der Waals surface area contributed by atoms with E-state index in [-0.39, 0.29) is 15.8 Å². The number of phenols is 1. The maximum atomic E-state index is 9.41. The summed E-state index contributed by atoms with van der Waals surface area (Å²) < 4.78 is 0. The molecule has 0 spiro atoms. The highest BCUT2D eigenvalue weighted by Gasteiger charge is 2.06. The van der Waals surface area contributed by atoms with Crippen molar-refractivity contribution in [3.05, 3.63) is 43.5 Å². The Morgan fingerprint density at radius 3 is 2.29 bits per heavy atom. The van der Waals surface area contributed by atoms with Gasteiger partial charge in [-0.3, -0.25) is 0 Å². The Bertz CT molecular complexity index is 518. The largest absolute Gasteiger partial charge is 0.505 e. The maximum absolute atomic E-state index is 9.41. The first-order valence-corrected chi connectivity index (χ1v) is 6.72. The van der Waals surface area contributed by atoms with Crippen LogP contribution in [0.2, 0.25) is 15.1 Å². The lowest BCUT2D eigenvalue weighted by molar-refractivity contribution is 0.476. The number of hydrogen-bond acceptors (Lipinski definition) is 3. The van der Waals surface area contributed by atoms with E-state index in [2.05, 4.69) is 5.32 Å². The number of aromatic hydroxyl groups is 1. The molecule has 0 saturated heterocycles. The summed E-state index contributed by atoms with van der Waals surface area (Å²) in [6.45, 7) is 0.634. The van der Waals surface area contributed by atoms with E-state index in [1.54, 1.807) is 23.5 Å². The lowest BCUT2D eigenvalue weighted by atomic mass is 10.3. The fourth-order valence-corrected chi connectivity index (χ4v) is 2.80. The first-order chi connectivity index (χ1) is 8.06. The van der Waals surface area contributed by atoms with E-state index in [1.807, 2.05) is 11.4 Å². The lowest BCUT2D eigenvalue weighted by Gasteiger charge is -2.07. The van der Waals surface area contributed by atoms with Gasteiger partial charge in [-0.05, 0) is 18.2 Å². The SMILES string of the molecule is Oc1c(Cl)cc(NCc2cc(Cl)cs2)cc1Cl. The van der Waals surface area contributed by atoms with Gasteiger partial charge in [-0.15, -0.1) is 11.3 Å². The van der Waals surface area contributed by atoms with Gasteiger partial charge in [-0.25, -0.2) is 0 Å². The molecule has 1 aromatic heterocycles. The van der Waals surface area contributed by atoms with Crippen molar-refractivity contribution >= 4 is 51.8 Å². The van der Waals surface area contributed by atoms with Crippen molar-refractivity contribution in [3.8, 4) is 5.75 Å². The van der Waals surface area contributed by atoms with E-state index < -0.39 is 0 Å². The highest BCUT2D eigenvalue weighted by Crippen LogP contribution is 2.34. The summed E-state index contributed by atoms with van der Waals surface area (Å²) >= 11 is 19.0. The Morgan fingerprint density at radius 2 is 1.76 bits per heavy atom. The predicted octanol–water partition coefficient (Wildman–Crippen LogP) is 5.03. The third kappa shape index (κ3) is 3.19. The second-order valence-corrected chi connectivity index (χ2v) is 5.62. The van der Waals surface area contributed by atoms with Crippen molar-refractivity contribution in [2.24, 2.45) is 0 Å². The van der Waals surface area contributed by atoms with Crippen LogP contribution in [-0.4, -0.2) is 5.11 Å². The van der Waals surface area contributed by atoms with Crippen molar-refractivity contribution in [2.45, 2.75) is 6.54 Å². The molecule has 2 N–H and O–H groups in total. The minimum atomic E-state index is -0.0990. The Morgan fingerprint density at radius 1 is 1.12 bits per heavy atom. The normalized spacial score (nSPS) is 10.5. The van der Waals surface area contributed by atoms with Crippen LogP contribution in [0.3, 0.4) is 0 Å². The maximum Gasteiger partial charge on any atom is 0.152 e. The van der Waals surface area contributed by atoms with Gasteiger partial charge in [0.25, 0.3) is 0 Å². The average molecular weight is 309 g/mol. The van der Waals surface area contributed by atoms with Crippen LogP contribution in [0.15, 0.2) is 23.6 Å². The smallest absolute Gasteiger partial charge is 0.152 e. The van der Waals surface area contributed by atoms with Crippen molar-refractivity contribution in [1.29, 1.82) is 0 Å². The predicted molar refractivity (Wildman–Crippen MR) is 74.8 cm³/mol. The van der Waals surface area contributed by atoms with Gasteiger partial charge in [-0.2, -0.15) is 0 Å². The molecule has 0 amide bonds. The molecule has 0 unspecified atom stereocenters. The molecule has 0 saturated carbocycles. The first-order valence-electron chi connectivity index (χ1n) is 4.71. The van der Waals surface area contributed by atoms with Gasteiger partial charge in [0.05, 0.1) is 15.1 Å². The molecule has 0 radical (unpaired) electrons. The Kier molecular flexibility index (Phi) is 4.05. The zero-order chi connectivity index (χ0) is 12.4. The number of thiophene rings is 1. The summed E-state index contributed by atoms with van der Waals surface area (Å²) in [5.74, 6) is -0.0990. The van der Waals surface area contributed by atoms with Crippen molar-refractivity contribution in [2.75, 3.05) is 5.32 Å². The third-order valence-corrected chi connectivity index (χ3v) is 3.97. The molecule has 1 heterocycles. The van der Waals surface area contributed by atoms with E-state index in [0.29, 0.717) is 6.54 Å². The first kappa shape index (κ1) is 12.8. The fourth-order valence-electron chi connectivity index (χ4n) is 1.30. The van der Waals surface area contributed by atoms with Gasteiger partial charge in [0.2, 0.25) is 0 Å². The molecule has 17 heavy (non-hydrogen) atoms. The molecule has 2 rings (SSSR count). The van der Waals surface area contributed by atoms with E-state index in [0.717, 1.165) is 15.6 Å².